The van der Waals surface area contributed by atoms with Gasteiger partial charge < -0.3 is 16.0 Å². The van der Waals surface area contributed by atoms with Gasteiger partial charge in [0, 0.05) is 38.6 Å². The summed E-state index contributed by atoms with van der Waals surface area (Å²) in [5.74, 6) is -2.55. The van der Waals surface area contributed by atoms with Gasteiger partial charge >= 0.3 is 0 Å². The fourth-order valence-corrected chi connectivity index (χ4v) is 6.94. The molecule has 9 heteroatoms. The molecule has 5 rings (SSSR count). The summed E-state index contributed by atoms with van der Waals surface area (Å²) in [4.78, 5) is 48.1. The van der Waals surface area contributed by atoms with Gasteiger partial charge in [-0.3, -0.25) is 14.4 Å². The van der Waals surface area contributed by atoms with E-state index in [-0.39, 0.29) is 12.5 Å². The van der Waals surface area contributed by atoms with Gasteiger partial charge in [-0.1, -0.05) is 130 Å². The van der Waals surface area contributed by atoms with Crippen molar-refractivity contribution in [3.63, 3.8) is 0 Å². The first-order chi connectivity index (χ1) is 23.6. The summed E-state index contributed by atoms with van der Waals surface area (Å²) in [7, 11) is 0. The second-order valence-electron chi connectivity index (χ2n) is 12.9. The van der Waals surface area contributed by atoms with Gasteiger partial charge in [-0.15, -0.1) is 0 Å². The van der Waals surface area contributed by atoms with E-state index in [0.29, 0.717) is 34.3 Å². The lowest BCUT2D eigenvalue weighted by atomic mass is 9.81. The normalized spacial score (nSPS) is 15.6. The van der Waals surface area contributed by atoms with Gasteiger partial charge in [0.25, 0.3) is 5.91 Å². The molecule has 0 aliphatic carbocycles. The van der Waals surface area contributed by atoms with E-state index in [2.05, 4.69) is 5.32 Å². The number of aliphatic imine (C=N–C) groups is 1. The number of halogens is 2. The molecule has 0 spiro atoms. The highest BCUT2D eigenvalue weighted by molar-refractivity contribution is 6.36. The van der Waals surface area contributed by atoms with E-state index in [1.807, 2.05) is 106 Å². The number of nitrogens with two attached hydrogens (primary N) is 1. The second kappa shape index (κ2) is 16.3. The number of para-hydroxylation sites is 1. The minimum absolute atomic E-state index is 0.120. The molecule has 4 aromatic rings. The number of hydrogen-bond acceptors (Lipinski definition) is 4. The highest BCUT2D eigenvalue weighted by Gasteiger charge is 2.38. The van der Waals surface area contributed by atoms with Crippen LogP contribution in [0.1, 0.15) is 63.1 Å². The van der Waals surface area contributed by atoms with Crippen LogP contribution in [-0.2, 0) is 20.9 Å². The maximum Gasteiger partial charge on any atom is 0.272 e. The summed E-state index contributed by atoms with van der Waals surface area (Å²) in [6.07, 6.45) is 1.32. The first kappa shape index (κ1) is 35.8. The summed E-state index contributed by atoms with van der Waals surface area (Å²) < 4.78 is 0. The van der Waals surface area contributed by atoms with E-state index in [1.165, 1.54) is 0 Å². The van der Waals surface area contributed by atoms with Crippen molar-refractivity contribution in [2.75, 3.05) is 4.90 Å². The maximum atomic E-state index is 14.7. The van der Waals surface area contributed by atoms with Gasteiger partial charge in [0.2, 0.25) is 18.0 Å². The van der Waals surface area contributed by atoms with Crippen LogP contribution in [0.3, 0.4) is 0 Å². The minimum atomic E-state index is -1.25. The van der Waals surface area contributed by atoms with E-state index < -0.39 is 35.7 Å². The third kappa shape index (κ3) is 8.59. The van der Waals surface area contributed by atoms with Crippen molar-refractivity contribution in [2.45, 2.75) is 59.2 Å². The summed E-state index contributed by atoms with van der Waals surface area (Å²) in [5.41, 5.74) is 11.2. The number of carbonyl (C=O) groups excluding carboxylic acids is 3. The topological polar surface area (TPSA) is 105 Å². The second-order valence-corrected chi connectivity index (χ2v) is 13.8. The van der Waals surface area contributed by atoms with Crippen LogP contribution in [0.25, 0.3) is 11.1 Å². The molecule has 7 nitrogen and oxygen atoms in total. The quantitative estimate of drug-likeness (QED) is 0.147. The Morgan fingerprint density at radius 3 is 2.29 bits per heavy atom. The Balaban J connectivity index is 1.57. The van der Waals surface area contributed by atoms with Crippen LogP contribution in [0.2, 0.25) is 10.0 Å². The number of amides is 3. The molecule has 0 saturated heterocycles. The molecular formula is C40H42Cl2N4O3. The van der Waals surface area contributed by atoms with Gasteiger partial charge in [0.05, 0.1) is 17.9 Å². The number of nitrogens with one attached hydrogen (secondary N) is 1. The first-order valence-electron chi connectivity index (χ1n) is 16.7. The predicted molar refractivity (Wildman–Crippen MR) is 199 cm³/mol. The Bertz CT molecular complexity index is 1840. The zero-order valence-corrected chi connectivity index (χ0v) is 29.5. The van der Waals surface area contributed by atoms with Crippen LogP contribution >= 0.6 is 23.2 Å². The summed E-state index contributed by atoms with van der Waals surface area (Å²) >= 11 is 12.7. The number of anilines is 1. The number of primary amides is 1. The molecule has 0 fully saturated rings. The molecule has 1 aliphatic heterocycles. The summed E-state index contributed by atoms with van der Waals surface area (Å²) in [6, 6.07) is 30.4. The van der Waals surface area contributed by atoms with Crippen LogP contribution in [0.4, 0.5) is 5.69 Å². The van der Waals surface area contributed by atoms with Crippen molar-refractivity contribution in [1.82, 2.24) is 5.32 Å². The summed E-state index contributed by atoms with van der Waals surface area (Å²) in [6.45, 7) is 6.24. The number of carbonyl (C=O) groups is 3. The average Bonchev–Trinajstić information content (AvgIpc) is 3.19. The van der Waals surface area contributed by atoms with Crippen molar-refractivity contribution in [1.29, 1.82) is 0 Å². The minimum Gasteiger partial charge on any atom is -0.369 e. The van der Waals surface area contributed by atoms with Crippen molar-refractivity contribution < 1.29 is 14.4 Å². The fourth-order valence-electron chi connectivity index (χ4n) is 6.43. The molecule has 3 amide bonds. The predicted octanol–water partition coefficient (Wildman–Crippen LogP) is 8.44. The summed E-state index contributed by atoms with van der Waals surface area (Å²) in [5, 5.41) is 4.04. The largest absolute Gasteiger partial charge is 0.369 e. The lowest BCUT2D eigenvalue weighted by molar-refractivity contribution is -0.136. The molecule has 49 heavy (non-hydrogen) atoms. The molecule has 3 N–H and O–H groups in total. The van der Waals surface area contributed by atoms with Crippen molar-refractivity contribution in [3.8, 4) is 11.1 Å². The van der Waals surface area contributed by atoms with Crippen LogP contribution in [-0.4, -0.2) is 29.6 Å². The third-order valence-electron chi connectivity index (χ3n) is 8.83. The Labute approximate surface area is 298 Å². The van der Waals surface area contributed by atoms with Gasteiger partial charge in [0.1, 0.15) is 0 Å². The number of nitrogens with zero attached hydrogens (tertiary/aromatic N) is 2. The zero-order valence-electron chi connectivity index (χ0n) is 28.0. The molecule has 3 atom stereocenters. The molecule has 1 unspecified atom stereocenters. The van der Waals surface area contributed by atoms with Crippen LogP contribution in [0, 0.1) is 17.8 Å². The zero-order chi connectivity index (χ0) is 35.1. The highest BCUT2D eigenvalue weighted by atomic mass is 35.5. The molecule has 0 saturated carbocycles. The van der Waals surface area contributed by atoms with Crippen molar-refractivity contribution >= 4 is 52.3 Å². The van der Waals surface area contributed by atoms with Crippen LogP contribution < -0.4 is 16.0 Å². The molecule has 0 bridgehead atoms. The van der Waals surface area contributed by atoms with Gasteiger partial charge in [-0.25, -0.2) is 4.99 Å². The molecule has 0 aromatic heterocycles. The Morgan fingerprint density at radius 1 is 0.878 bits per heavy atom. The Hall–Kier alpha value is -4.46. The van der Waals surface area contributed by atoms with Crippen molar-refractivity contribution in [3.05, 3.63) is 124 Å². The lowest BCUT2D eigenvalue weighted by Crippen LogP contribution is -2.50. The molecule has 1 heterocycles. The van der Waals surface area contributed by atoms with E-state index in [9.17, 15) is 14.4 Å². The van der Waals surface area contributed by atoms with Gasteiger partial charge in [0.15, 0.2) is 0 Å². The smallest absolute Gasteiger partial charge is 0.272 e. The average molecular weight is 698 g/mol. The fraction of sp³-hybridized carbons (Fsp3) is 0.300. The maximum absolute atomic E-state index is 14.7. The number of unbranched alkanes of at least 4 members (excludes halogenated alkanes) is 1. The molecule has 4 aromatic carbocycles. The van der Waals surface area contributed by atoms with E-state index in [4.69, 9.17) is 33.9 Å². The Morgan fingerprint density at radius 2 is 1.59 bits per heavy atom. The van der Waals surface area contributed by atoms with Gasteiger partial charge in [-0.2, -0.15) is 0 Å². The van der Waals surface area contributed by atoms with Crippen LogP contribution in [0.15, 0.2) is 102 Å². The standard InChI is InChI=1S/C40H42Cl2N4O3/c1-4-5-16-31(37(43)47)33(21-25(2)3)39(48)45-38-40(49)46(24-26-12-11-15-28(22-26)30-20-19-29(41)23-34(30)42)35-18-10-9-17-32(35)36(44-38)27-13-7-6-8-14-27/h6-15,17-20,22-23,25,31,33,38H,4-5,16,21,24H2,1-3H3,(H2,43,47)(H,45,48)/t31-,33+,38?/m0/s1. The number of benzodiazepines with no additional fused rings is 1. The number of rotatable bonds is 13. The van der Waals surface area contributed by atoms with E-state index in [1.54, 1.807) is 17.0 Å². The third-order valence-corrected chi connectivity index (χ3v) is 9.37. The van der Waals surface area contributed by atoms with E-state index in [0.717, 1.165) is 40.7 Å². The lowest BCUT2D eigenvalue weighted by Gasteiger charge is -2.29. The molecular weight excluding hydrogens is 655 g/mol. The molecule has 254 valence electrons. The SMILES string of the molecule is CCCC[C@H](C(N)=O)[C@@H](CC(C)C)C(=O)NC1N=C(c2ccccc2)c2ccccc2N(Cc2cccc(-c3ccc(Cl)cc3Cl)c2)C1=O. The molecule has 0 radical (unpaired) electrons. The number of fused-ring (bicyclic) bond motifs is 1. The van der Waals surface area contributed by atoms with Gasteiger partial charge in [-0.05, 0) is 54.2 Å². The van der Waals surface area contributed by atoms with Crippen molar-refractivity contribution in [2.24, 2.45) is 28.5 Å². The number of hydrogen-bond donors (Lipinski definition) is 2. The van der Waals surface area contributed by atoms with Crippen LogP contribution in [0.5, 0.6) is 0 Å². The molecule has 1 aliphatic rings. The monoisotopic (exact) mass is 696 g/mol. The highest BCUT2D eigenvalue weighted by Crippen LogP contribution is 2.34. The Kier molecular flexibility index (Phi) is 11.9. The van der Waals surface area contributed by atoms with E-state index >= 15 is 0 Å². The number of benzene rings is 4. The first-order valence-corrected chi connectivity index (χ1v) is 17.5.